The van der Waals surface area contributed by atoms with E-state index < -0.39 is 10.9 Å². The Morgan fingerprint density at radius 3 is 2.67 bits per heavy atom. The van der Waals surface area contributed by atoms with Crippen LogP contribution in [0.25, 0.3) is 0 Å². The highest BCUT2D eigenvalue weighted by atomic mass is 16.6. The van der Waals surface area contributed by atoms with E-state index >= 15 is 0 Å². The highest BCUT2D eigenvalue weighted by molar-refractivity contribution is 5.88. The van der Waals surface area contributed by atoms with Crippen LogP contribution in [0.15, 0.2) is 12.3 Å². The van der Waals surface area contributed by atoms with Crippen molar-refractivity contribution in [3.63, 3.8) is 0 Å². The van der Waals surface area contributed by atoms with Crippen molar-refractivity contribution >= 4 is 17.5 Å². The van der Waals surface area contributed by atoms with Crippen molar-refractivity contribution in [3.8, 4) is 0 Å². The number of pyridine rings is 1. The van der Waals surface area contributed by atoms with Crippen molar-refractivity contribution in [3.05, 3.63) is 27.9 Å². The van der Waals surface area contributed by atoms with E-state index in [9.17, 15) is 14.9 Å². The third-order valence-electron chi connectivity index (χ3n) is 4.00. The fourth-order valence-corrected chi connectivity index (χ4v) is 2.60. The number of nitrogens with zero attached hydrogens (tertiary/aromatic N) is 3. The topological polar surface area (TPSA) is 96.6 Å². The third-order valence-corrected chi connectivity index (χ3v) is 4.00. The Kier molecular flexibility index (Phi) is 3.85. The molecule has 0 aliphatic carbocycles. The fraction of sp³-hybridized carbons (Fsp3) is 0.571. The Bertz CT molecular complexity index is 580. The van der Waals surface area contributed by atoms with Gasteiger partial charge in [-0.25, -0.2) is 9.78 Å². The second-order valence-electron chi connectivity index (χ2n) is 6.43. The largest absolute Gasteiger partial charge is 0.478 e. The average molecular weight is 293 g/mol. The molecular formula is C14H19N3O4. The summed E-state index contributed by atoms with van der Waals surface area (Å²) in [5.41, 5.74) is -0.286. The van der Waals surface area contributed by atoms with Gasteiger partial charge < -0.3 is 10.0 Å². The van der Waals surface area contributed by atoms with Crippen molar-refractivity contribution in [1.82, 2.24) is 4.98 Å². The summed E-state index contributed by atoms with van der Waals surface area (Å²) in [5.74, 6) is -0.527. The van der Waals surface area contributed by atoms with Crippen LogP contribution >= 0.6 is 0 Å². The Labute approximate surface area is 122 Å². The molecule has 1 saturated heterocycles. The van der Waals surface area contributed by atoms with Crippen LogP contribution in [0, 0.1) is 21.4 Å². The summed E-state index contributed by atoms with van der Waals surface area (Å²) < 4.78 is 0. The van der Waals surface area contributed by atoms with Gasteiger partial charge in [0.1, 0.15) is 0 Å². The molecule has 0 spiro atoms. The predicted molar refractivity (Wildman–Crippen MR) is 77.6 cm³/mol. The lowest BCUT2D eigenvalue weighted by atomic mass is 9.80. The van der Waals surface area contributed by atoms with Gasteiger partial charge >= 0.3 is 11.7 Å². The number of aromatic carboxylic acids is 1. The smallest absolute Gasteiger partial charge is 0.337 e. The number of carbonyl (C=O) groups is 1. The summed E-state index contributed by atoms with van der Waals surface area (Å²) in [6, 6.07) is 1.08. The number of anilines is 1. The normalized spacial score (nSPS) is 18.8. The molecule has 2 heterocycles. The molecule has 0 bridgehead atoms. The number of nitro groups is 1. The molecule has 7 heteroatoms. The lowest BCUT2D eigenvalue weighted by Gasteiger charge is -2.27. The molecule has 0 aromatic carbocycles. The lowest BCUT2D eigenvalue weighted by Crippen LogP contribution is -2.27. The highest BCUT2D eigenvalue weighted by Gasteiger charge is 2.35. The van der Waals surface area contributed by atoms with Crippen LogP contribution in [0.4, 0.5) is 11.5 Å². The Balaban J connectivity index is 2.32. The molecule has 1 aliphatic heterocycles. The molecule has 1 aromatic rings. The maximum atomic E-state index is 11.2. The van der Waals surface area contributed by atoms with E-state index in [0.717, 1.165) is 12.5 Å². The van der Waals surface area contributed by atoms with Gasteiger partial charge in [0.15, 0.2) is 0 Å². The van der Waals surface area contributed by atoms with Gasteiger partial charge in [-0.3, -0.25) is 10.1 Å². The van der Waals surface area contributed by atoms with Crippen LogP contribution < -0.4 is 4.90 Å². The molecule has 1 fully saturated rings. The van der Waals surface area contributed by atoms with Gasteiger partial charge in [-0.1, -0.05) is 20.8 Å². The summed E-state index contributed by atoms with van der Waals surface area (Å²) >= 11 is 0. The molecule has 1 atom stereocenters. The number of aromatic nitrogens is 1. The molecule has 114 valence electrons. The molecule has 1 unspecified atom stereocenters. The standard InChI is InChI=1S/C14H19N3O4/c1-14(2,3)10-4-5-16(8-10)12-11(17(20)21)6-9(7-15-12)13(18)19/h6-7,10H,4-5,8H2,1-3H3,(H,18,19). The Morgan fingerprint density at radius 1 is 1.52 bits per heavy atom. The van der Waals surface area contributed by atoms with Crippen molar-refractivity contribution < 1.29 is 14.8 Å². The highest BCUT2D eigenvalue weighted by Crippen LogP contribution is 2.37. The van der Waals surface area contributed by atoms with Gasteiger partial charge in [0, 0.05) is 25.4 Å². The summed E-state index contributed by atoms with van der Waals surface area (Å²) in [7, 11) is 0. The number of hydrogen-bond donors (Lipinski definition) is 1. The third kappa shape index (κ3) is 3.12. The molecule has 1 N–H and O–H groups in total. The van der Waals surface area contributed by atoms with Crippen LogP contribution in [0.1, 0.15) is 37.6 Å². The van der Waals surface area contributed by atoms with E-state index in [1.807, 2.05) is 4.90 Å². The predicted octanol–water partition coefficient (Wildman–Crippen LogP) is 2.56. The van der Waals surface area contributed by atoms with Crippen LogP contribution in [-0.4, -0.2) is 34.1 Å². The van der Waals surface area contributed by atoms with Gasteiger partial charge in [0.2, 0.25) is 5.82 Å². The van der Waals surface area contributed by atoms with Crippen LogP contribution in [0.3, 0.4) is 0 Å². The van der Waals surface area contributed by atoms with E-state index in [2.05, 4.69) is 25.8 Å². The quantitative estimate of drug-likeness (QED) is 0.679. The average Bonchev–Trinajstić information content (AvgIpc) is 2.87. The molecule has 0 saturated carbocycles. The summed E-state index contributed by atoms with van der Waals surface area (Å²) in [6.07, 6.45) is 2.12. The second-order valence-corrected chi connectivity index (χ2v) is 6.43. The number of rotatable bonds is 3. The van der Waals surface area contributed by atoms with Crippen molar-refractivity contribution in [1.29, 1.82) is 0 Å². The van der Waals surface area contributed by atoms with Crippen LogP contribution in [-0.2, 0) is 0 Å². The van der Waals surface area contributed by atoms with Crippen LogP contribution in [0.2, 0.25) is 0 Å². The zero-order valence-corrected chi connectivity index (χ0v) is 12.4. The minimum absolute atomic E-state index is 0.129. The monoisotopic (exact) mass is 293 g/mol. The first kappa shape index (κ1) is 15.2. The maximum Gasteiger partial charge on any atom is 0.337 e. The van der Waals surface area contributed by atoms with Gasteiger partial charge in [0.05, 0.1) is 10.5 Å². The molecule has 7 nitrogen and oxygen atoms in total. The van der Waals surface area contributed by atoms with E-state index in [1.54, 1.807) is 0 Å². The molecule has 0 amide bonds. The van der Waals surface area contributed by atoms with Crippen molar-refractivity contribution in [2.24, 2.45) is 11.3 Å². The minimum Gasteiger partial charge on any atom is -0.478 e. The van der Waals surface area contributed by atoms with Gasteiger partial charge in [-0.15, -0.1) is 0 Å². The second kappa shape index (κ2) is 5.31. The molecule has 1 aromatic heterocycles. The van der Waals surface area contributed by atoms with Crippen LogP contribution in [0.5, 0.6) is 0 Å². The van der Waals surface area contributed by atoms with Gasteiger partial charge in [0.25, 0.3) is 0 Å². The minimum atomic E-state index is -1.22. The molecule has 2 rings (SSSR count). The van der Waals surface area contributed by atoms with Crippen molar-refractivity contribution in [2.45, 2.75) is 27.2 Å². The molecule has 21 heavy (non-hydrogen) atoms. The zero-order chi connectivity index (χ0) is 15.8. The first-order valence-electron chi connectivity index (χ1n) is 6.83. The van der Waals surface area contributed by atoms with Gasteiger partial charge in [-0.05, 0) is 17.8 Å². The van der Waals surface area contributed by atoms with E-state index in [4.69, 9.17) is 5.11 Å². The molecule has 1 aliphatic rings. The van der Waals surface area contributed by atoms with E-state index in [1.165, 1.54) is 6.20 Å². The Hall–Kier alpha value is -2.18. The first-order chi connectivity index (χ1) is 9.70. The fourth-order valence-electron chi connectivity index (χ4n) is 2.60. The van der Waals surface area contributed by atoms with E-state index in [-0.39, 0.29) is 22.5 Å². The lowest BCUT2D eigenvalue weighted by molar-refractivity contribution is -0.384. The molecular weight excluding hydrogens is 274 g/mol. The van der Waals surface area contributed by atoms with Gasteiger partial charge in [-0.2, -0.15) is 0 Å². The summed E-state index contributed by atoms with van der Waals surface area (Å²) in [4.78, 5) is 27.4. The number of carboxylic acids is 1. The van der Waals surface area contributed by atoms with Crippen molar-refractivity contribution in [2.75, 3.05) is 18.0 Å². The van der Waals surface area contributed by atoms with E-state index in [0.29, 0.717) is 19.0 Å². The maximum absolute atomic E-state index is 11.2. The summed E-state index contributed by atoms with van der Waals surface area (Å²) in [5, 5.41) is 20.1. The Morgan fingerprint density at radius 2 is 2.19 bits per heavy atom. The zero-order valence-electron chi connectivity index (χ0n) is 12.4. The molecule has 0 radical (unpaired) electrons. The first-order valence-corrected chi connectivity index (χ1v) is 6.83. The summed E-state index contributed by atoms with van der Waals surface area (Å²) in [6.45, 7) is 7.84. The number of hydrogen-bond acceptors (Lipinski definition) is 5. The SMILES string of the molecule is CC(C)(C)C1CCN(c2ncc(C(=O)O)cc2[N+](=O)[O-])C1. The number of carboxylic acid groups (broad SMARTS) is 1.